The van der Waals surface area contributed by atoms with E-state index in [4.69, 9.17) is 4.74 Å². The molecule has 1 aromatic carbocycles. The van der Waals surface area contributed by atoms with Crippen LogP contribution in [0.1, 0.15) is 36.8 Å². The van der Waals surface area contributed by atoms with E-state index in [1.54, 1.807) is 6.20 Å². The maximum Gasteiger partial charge on any atom is 0.220 e. The Kier molecular flexibility index (Phi) is 6.40. The van der Waals surface area contributed by atoms with Crippen LogP contribution in [-0.4, -0.2) is 23.5 Å². The van der Waals surface area contributed by atoms with E-state index in [0.29, 0.717) is 19.1 Å². The summed E-state index contributed by atoms with van der Waals surface area (Å²) < 4.78 is 5.93. The van der Waals surface area contributed by atoms with Gasteiger partial charge in [-0.25, -0.2) is 0 Å². The van der Waals surface area contributed by atoms with Crippen LogP contribution in [0.2, 0.25) is 0 Å². The standard InChI is InChI=1S/C20H25N3O2/c24-20(23-18-9-10-18)8-4-12-22-14-17-6-1-2-7-19(17)25-15-16-5-3-11-21-13-16/h1-3,5-7,11,13,18,22H,4,8-10,12,14-15H2,(H,23,24). The van der Waals surface area contributed by atoms with Crippen molar-refractivity contribution >= 4 is 5.91 Å². The second-order valence-corrected chi connectivity index (χ2v) is 6.38. The minimum atomic E-state index is 0.171. The average molecular weight is 339 g/mol. The summed E-state index contributed by atoms with van der Waals surface area (Å²) in [6.45, 7) is 2.05. The average Bonchev–Trinajstić information content (AvgIpc) is 3.45. The molecule has 0 atom stereocenters. The number of hydrogen-bond donors (Lipinski definition) is 2. The van der Waals surface area contributed by atoms with Crippen LogP contribution in [0, 0.1) is 0 Å². The Morgan fingerprint density at radius 1 is 1.20 bits per heavy atom. The van der Waals surface area contributed by atoms with Gasteiger partial charge in [0.15, 0.2) is 0 Å². The van der Waals surface area contributed by atoms with Crippen molar-refractivity contribution in [2.45, 2.75) is 44.9 Å². The molecule has 5 nitrogen and oxygen atoms in total. The van der Waals surface area contributed by atoms with E-state index in [0.717, 1.165) is 49.2 Å². The molecule has 2 aromatic rings. The van der Waals surface area contributed by atoms with Crippen molar-refractivity contribution in [1.29, 1.82) is 0 Å². The van der Waals surface area contributed by atoms with E-state index in [-0.39, 0.29) is 5.91 Å². The largest absolute Gasteiger partial charge is 0.489 e. The van der Waals surface area contributed by atoms with Gasteiger partial charge in [-0.1, -0.05) is 24.3 Å². The van der Waals surface area contributed by atoms with Crippen LogP contribution in [0.4, 0.5) is 0 Å². The number of amides is 1. The van der Waals surface area contributed by atoms with Crippen LogP contribution in [0.5, 0.6) is 5.75 Å². The fraction of sp³-hybridized carbons (Fsp3) is 0.400. The number of hydrogen-bond acceptors (Lipinski definition) is 4. The highest BCUT2D eigenvalue weighted by Gasteiger charge is 2.22. The van der Waals surface area contributed by atoms with Crippen molar-refractivity contribution in [2.24, 2.45) is 0 Å². The smallest absolute Gasteiger partial charge is 0.220 e. The molecular weight excluding hydrogens is 314 g/mol. The number of aromatic nitrogens is 1. The molecule has 2 N–H and O–H groups in total. The minimum absolute atomic E-state index is 0.171. The molecule has 0 spiro atoms. The Labute approximate surface area is 148 Å². The van der Waals surface area contributed by atoms with Gasteiger partial charge in [-0.3, -0.25) is 9.78 Å². The second-order valence-electron chi connectivity index (χ2n) is 6.38. The third kappa shape index (κ3) is 6.19. The summed E-state index contributed by atoms with van der Waals surface area (Å²) in [6, 6.07) is 12.4. The van der Waals surface area contributed by atoms with Crippen LogP contribution in [-0.2, 0) is 17.9 Å². The molecule has 1 heterocycles. The van der Waals surface area contributed by atoms with Crippen molar-refractivity contribution in [3.05, 3.63) is 59.9 Å². The normalized spacial score (nSPS) is 13.4. The molecule has 1 aromatic heterocycles. The molecule has 5 heteroatoms. The Bertz CT molecular complexity index is 672. The van der Waals surface area contributed by atoms with Gasteiger partial charge in [-0.05, 0) is 37.9 Å². The first-order valence-corrected chi connectivity index (χ1v) is 8.91. The third-order valence-electron chi connectivity index (χ3n) is 4.11. The lowest BCUT2D eigenvalue weighted by atomic mass is 10.2. The van der Waals surface area contributed by atoms with E-state index in [1.807, 2.05) is 36.5 Å². The third-order valence-corrected chi connectivity index (χ3v) is 4.11. The lowest BCUT2D eigenvalue weighted by Crippen LogP contribution is -2.26. The topological polar surface area (TPSA) is 63.2 Å². The maximum atomic E-state index is 11.6. The van der Waals surface area contributed by atoms with E-state index < -0.39 is 0 Å². The predicted molar refractivity (Wildman–Crippen MR) is 97.1 cm³/mol. The number of rotatable bonds is 10. The van der Waals surface area contributed by atoms with Crippen molar-refractivity contribution in [1.82, 2.24) is 15.6 Å². The van der Waals surface area contributed by atoms with Crippen LogP contribution in [0.3, 0.4) is 0 Å². The van der Waals surface area contributed by atoms with Crippen LogP contribution in [0.15, 0.2) is 48.8 Å². The SMILES string of the molecule is O=C(CCCNCc1ccccc1OCc1cccnc1)NC1CC1. The molecule has 0 aliphatic heterocycles. The summed E-state index contributed by atoms with van der Waals surface area (Å²) >= 11 is 0. The highest BCUT2D eigenvalue weighted by Crippen LogP contribution is 2.19. The van der Waals surface area contributed by atoms with Gasteiger partial charge in [0.25, 0.3) is 0 Å². The van der Waals surface area contributed by atoms with E-state index in [2.05, 4.69) is 21.7 Å². The Morgan fingerprint density at radius 3 is 2.88 bits per heavy atom. The fourth-order valence-electron chi connectivity index (χ4n) is 2.56. The predicted octanol–water partition coefficient (Wildman–Crippen LogP) is 2.81. The molecule has 1 saturated carbocycles. The van der Waals surface area contributed by atoms with E-state index in [9.17, 15) is 4.79 Å². The van der Waals surface area contributed by atoms with E-state index in [1.165, 1.54) is 0 Å². The molecule has 0 unspecified atom stereocenters. The van der Waals surface area contributed by atoms with Gasteiger partial charge < -0.3 is 15.4 Å². The number of ether oxygens (including phenoxy) is 1. The molecule has 0 saturated heterocycles. The molecule has 1 aliphatic rings. The number of benzene rings is 1. The molecular formula is C20H25N3O2. The number of nitrogens with zero attached hydrogens (tertiary/aromatic N) is 1. The molecule has 0 radical (unpaired) electrons. The number of carbonyl (C=O) groups excluding carboxylic acids is 1. The van der Waals surface area contributed by atoms with Gasteiger partial charge in [-0.15, -0.1) is 0 Å². The fourth-order valence-corrected chi connectivity index (χ4v) is 2.56. The number of para-hydroxylation sites is 1. The van der Waals surface area contributed by atoms with Gasteiger partial charge in [0, 0.05) is 42.5 Å². The lowest BCUT2D eigenvalue weighted by molar-refractivity contribution is -0.121. The quantitative estimate of drug-likeness (QED) is 0.654. The summed E-state index contributed by atoms with van der Waals surface area (Å²) in [6.07, 6.45) is 7.28. The first-order chi connectivity index (χ1) is 12.3. The Hall–Kier alpha value is -2.40. The van der Waals surface area contributed by atoms with Gasteiger partial charge in [-0.2, -0.15) is 0 Å². The first kappa shape index (κ1) is 17.4. The zero-order chi connectivity index (χ0) is 17.3. The number of pyridine rings is 1. The molecule has 0 bridgehead atoms. The Morgan fingerprint density at radius 2 is 2.08 bits per heavy atom. The van der Waals surface area contributed by atoms with Gasteiger partial charge in [0.1, 0.15) is 12.4 Å². The maximum absolute atomic E-state index is 11.6. The second kappa shape index (κ2) is 9.18. The summed E-state index contributed by atoms with van der Waals surface area (Å²) in [5.41, 5.74) is 2.17. The summed E-state index contributed by atoms with van der Waals surface area (Å²) in [5.74, 6) is 1.05. The molecule has 25 heavy (non-hydrogen) atoms. The van der Waals surface area contributed by atoms with E-state index >= 15 is 0 Å². The van der Waals surface area contributed by atoms with Crippen molar-refractivity contribution in [2.75, 3.05) is 6.54 Å². The number of nitrogens with one attached hydrogen (secondary N) is 2. The summed E-state index contributed by atoms with van der Waals surface area (Å²) in [4.78, 5) is 15.7. The van der Waals surface area contributed by atoms with Crippen LogP contribution >= 0.6 is 0 Å². The zero-order valence-corrected chi connectivity index (χ0v) is 14.4. The first-order valence-electron chi connectivity index (χ1n) is 8.91. The molecule has 132 valence electrons. The molecule has 1 fully saturated rings. The van der Waals surface area contributed by atoms with Gasteiger partial charge >= 0.3 is 0 Å². The lowest BCUT2D eigenvalue weighted by Gasteiger charge is -2.12. The zero-order valence-electron chi connectivity index (χ0n) is 14.4. The summed E-state index contributed by atoms with van der Waals surface area (Å²) in [7, 11) is 0. The highest BCUT2D eigenvalue weighted by molar-refractivity contribution is 5.76. The molecule has 1 aliphatic carbocycles. The van der Waals surface area contributed by atoms with Crippen molar-refractivity contribution < 1.29 is 9.53 Å². The summed E-state index contributed by atoms with van der Waals surface area (Å²) in [5, 5.41) is 6.40. The van der Waals surface area contributed by atoms with Crippen molar-refractivity contribution in [3.8, 4) is 5.75 Å². The van der Waals surface area contributed by atoms with Crippen molar-refractivity contribution in [3.63, 3.8) is 0 Å². The Balaban J connectivity index is 1.39. The molecule has 1 amide bonds. The van der Waals surface area contributed by atoms with Gasteiger partial charge in [0.2, 0.25) is 5.91 Å². The van der Waals surface area contributed by atoms with Crippen LogP contribution in [0.25, 0.3) is 0 Å². The monoisotopic (exact) mass is 339 g/mol. The van der Waals surface area contributed by atoms with Crippen LogP contribution < -0.4 is 15.4 Å². The minimum Gasteiger partial charge on any atom is -0.489 e. The molecule has 3 rings (SSSR count). The van der Waals surface area contributed by atoms with Gasteiger partial charge in [0.05, 0.1) is 0 Å². The number of carbonyl (C=O) groups is 1. The highest BCUT2D eigenvalue weighted by atomic mass is 16.5.